The number of benzene rings is 2. The molecule has 306 valence electrons. The minimum atomic E-state index is -4.69. The Labute approximate surface area is 325 Å². The van der Waals surface area contributed by atoms with Crippen LogP contribution < -0.4 is 10.6 Å². The van der Waals surface area contributed by atoms with Gasteiger partial charge in [0.15, 0.2) is 11.4 Å². The number of nitrogens with zero attached hydrogens (tertiary/aromatic N) is 4. The van der Waals surface area contributed by atoms with E-state index in [1.807, 2.05) is 13.8 Å². The molecule has 24 heteroatoms. The Balaban J connectivity index is 0.000000450. The molecule has 3 aromatic rings. The second-order valence-corrected chi connectivity index (χ2v) is 14.6. The van der Waals surface area contributed by atoms with Crippen molar-refractivity contribution < 1.29 is 61.2 Å². The smallest absolute Gasteiger partial charge is 0.434 e. The predicted molar refractivity (Wildman–Crippen MR) is 197 cm³/mol. The van der Waals surface area contributed by atoms with Gasteiger partial charge in [-0.1, -0.05) is 25.4 Å². The van der Waals surface area contributed by atoms with Crippen LogP contribution >= 0.6 is 35.1 Å². The lowest BCUT2D eigenvalue weighted by Crippen LogP contribution is -2.23. The quantitative estimate of drug-likeness (QED) is 0.0362. The lowest BCUT2D eigenvalue weighted by atomic mass is 10.0. The van der Waals surface area contributed by atoms with Gasteiger partial charge in [-0.25, -0.2) is 9.18 Å². The van der Waals surface area contributed by atoms with Crippen molar-refractivity contribution in [1.29, 1.82) is 0 Å². The first-order chi connectivity index (χ1) is 25.2. The summed E-state index contributed by atoms with van der Waals surface area (Å²) < 4.78 is 68.7. The standard InChI is InChI=1S/C15H12BrClF4N2O2.C13H19N3O4.C3H8NO5P/c1-6(2)25-14(24)7-4-8(10(18)5-9(7)17)12-11(16)13(15(19,20)21)23(3)22-12;1-5-10(6-2)14-12-11(15(17)18)7-8(3)9(4)13(12)16(19)20;5-3(6)1-4-2-10(7,8)9/h4-6H,1-3H3;7,10,14H,5-6H2,1-4H3;4H,1-2H2,(H,5,6)(H2,7,8,9). The van der Waals surface area contributed by atoms with Gasteiger partial charge in [0, 0.05) is 30.3 Å². The lowest BCUT2D eigenvalue weighted by Gasteiger charge is -2.17. The number of nitro groups is 2. The number of rotatable bonds is 13. The predicted octanol–water partition coefficient (Wildman–Crippen LogP) is 7.74. The number of nitrogens with one attached hydrogen (secondary N) is 2. The monoisotopic (exact) mass is 892 g/mol. The lowest BCUT2D eigenvalue weighted by molar-refractivity contribution is -0.392. The van der Waals surface area contributed by atoms with E-state index < -0.39 is 70.5 Å². The number of carboxylic acids is 1. The molecule has 1 heterocycles. The van der Waals surface area contributed by atoms with E-state index in [0.29, 0.717) is 15.8 Å². The number of carboxylic acid groups (broad SMARTS) is 1. The molecule has 2 aromatic carbocycles. The first kappa shape index (κ1) is 48.8. The van der Waals surface area contributed by atoms with Gasteiger partial charge in [0.05, 0.1) is 43.8 Å². The molecule has 0 aliphatic carbocycles. The molecule has 0 saturated heterocycles. The Morgan fingerprint density at radius 3 is 2.09 bits per heavy atom. The minimum absolute atomic E-state index is 0.0109. The maximum Gasteiger partial charge on any atom is 0.434 e. The van der Waals surface area contributed by atoms with E-state index in [0.717, 1.165) is 32.0 Å². The van der Waals surface area contributed by atoms with E-state index in [2.05, 4.69) is 31.7 Å². The second kappa shape index (κ2) is 20.6. The van der Waals surface area contributed by atoms with Crippen molar-refractivity contribution in [2.45, 2.75) is 72.7 Å². The van der Waals surface area contributed by atoms with Crippen LogP contribution in [0.25, 0.3) is 11.3 Å². The average Bonchev–Trinajstić information content (AvgIpc) is 3.33. The summed E-state index contributed by atoms with van der Waals surface area (Å²) in [5.41, 5.74) is -1.30. The number of aryl methyl sites for hydroxylation is 2. The van der Waals surface area contributed by atoms with Crippen LogP contribution in [0, 0.1) is 39.9 Å². The van der Waals surface area contributed by atoms with Crippen molar-refractivity contribution in [2.75, 3.05) is 18.1 Å². The molecular formula is C31H39BrClF4N6O11P. The fourth-order valence-electron chi connectivity index (χ4n) is 4.54. The molecule has 1 aromatic heterocycles. The molecule has 0 amide bonds. The molecule has 0 unspecified atom stereocenters. The number of aromatic nitrogens is 2. The minimum Gasteiger partial charge on any atom is -0.480 e. The van der Waals surface area contributed by atoms with Gasteiger partial charge < -0.3 is 24.9 Å². The van der Waals surface area contributed by atoms with E-state index in [9.17, 15) is 51.9 Å². The third-order valence-corrected chi connectivity index (χ3v) is 8.93. The van der Waals surface area contributed by atoms with Crippen LogP contribution in [0.3, 0.4) is 0 Å². The summed E-state index contributed by atoms with van der Waals surface area (Å²) in [7, 11) is -3.01. The Morgan fingerprint density at radius 1 is 1.11 bits per heavy atom. The zero-order chi connectivity index (χ0) is 42.7. The third-order valence-electron chi connectivity index (χ3n) is 7.23. The number of ether oxygens (including phenoxy) is 1. The van der Waals surface area contributed by atoms with Gasteiger partial charge in [-0.2, -0.15) is 18.3 Å². The summed E-state index contributed by atoms with van der Waals surface area (Å²) in [5.74, 6) is -2.88. The topological polar surface area (TPSA) is 249 Å². The molecule has 0 saturated carbocycles. The number of halogens is 6. The fourth-order valence-corrected chi connectivity index (χ4v) is 5.95. The Morgan fingerprint density at radius 2 is 1.67 bits per heavy atom. The van der Waals surface area contributed by atoms with E-state index in [1.54, 1.807) is 27.7 Å². The maximum absolute atomic E-state index is 14.3. The third kappa shape index (κ3) is 14.4. The van der Waals surface area contributed by atoms with Crippen molar-refractivity contribution in [1.82, 2.24) is 15.1 Å². The van der Waals surface area contributed by atoms with E-state index in [-0.39, 0.29) is 44.9 Å². The molecule has 5 N–H and O–H groups in total. The summed E-state index contributed by atoms with van der Waals surface area (Å²) in [6.07, 6.45) is -4.27. The number of hydrogen-bond acceptors (Lipinski definition) is 11. The number of anilines is 1. The number of alkyl halides is 3. The molecule has 55 heavy (non-hydrogen) atoms. The van der Waals surface area contributed by atoms with Crippen LogP contribution in [0.15, 0.2) is 22.7 Å². The van der Waals surface area contributed by atoms with Gasteiger partial charge in [-0.3, -0.25) is 39.6 Å². The molecule has 0 aliphatic rings. The van der Waals surface area contributed by atoms with Crippen molar-refractivity contribution >= 4 is 64.1 Å². The van der Waals surface area contributed by atoms with Gasteiger partial charge in [0.25, 0.3) is 5.69 Å². The Kier molecular flexibility index (Phi) is 18.3. The number of hydrogen-bond donors (Lipinski definition) is 5. The number of carbonyl (C=O) groups excluding carboxylic acids is 1. The first-order valence-corrected chi connectivity index (χ1v) is 18.8. The molecule has 0 bridgehead atoms. The largest absolute Gasteiger partial charge is 0.480 e. The van der Waals surface area contributed by atoms with Crippen LogP contribution in [0.1, 0.15) is 67.7 Å². The highest BCUT2D eigenvalue weighted by Gasteiger charge is 2.39. The van der Waals surface area contributed by atoms with Gasteiger partial charge in [0.2, 0.25) is 0 Å². The average molecular weight is 894 g/mol. The number of aliphatic carboxylic acids is 1. The van der Waals surface area contributed by atoms with Crippen LogP contribution in [-0.2, 0) is 27.3 Å². The van der Waals surface area contributed by atoms with E-state index >= 15 is 0 Å². The summed E-state index contributed by atoms with van der Waals surface area (Å²) in [6, 6.07) is 3.21. The van der Waals surface area contributed by atoms with Crippen LogP contribution in [0.5, 0.6) is 0 Å². The molecule has 17 nitrogen and oxygen atoms in total. The van der Waals surface area contributed by atoms with Crippen LogP contribution in [-0.4, -0.2) is 71.4 Å². The Hall–Kier alpha value is -4.21. The SMILES string of the molecule is CC(C)OC(=O)c1cc(-c2nn(C)c(C(F)(F)F)c2Br)c(F)cc1Cl.CCC(CC)Nc1c([N+](=O)[O-])cc(C)c(C)c1[N+](=O)[O-].O=C(O)CNCP(=O)(O)O. The molecule has 3 rings (SSSR count). The molecule has 0 aliphatic heterocycles. The van der Waals surface area contributed by atoms with Gasteiger partial charge in [0.1, 0.15) is 11.5 Å². The normalized spacial score (nSPS) is 11.4. The number of nitro benzene ring substituents is 2. The summed E-state index contributed by atoms with van der Waals surface area (Å²) in [4.78, 5) is 59.5. The molecule has 0 radical (unpaired) electrons. The summed E-state index contributed by atoms with van der Waals surface area (Å²) in [5, 5.41) is 39.0. The zero-order valence-corrected chi connectivity index (χ0v) is 33.6. The molecule has 0 atom stereocenters. The maximum atomic E-state index is 14.3. The summed E-state index contributed by atoms with van der Waals surface area (Å²) in [6.45, 7) is 9.89. The number of esters is 1. The highest BCUT2D eigenvalue weighted by Crippen LogP contribution is 2.42. The zero-order valence-electron chi connectivity index (χ0n) is 30.3. The number of carbonyl (C=O) groups is 2. The molecule has 0 spiro atoms. The van der Waals surface area contributed by atoms with Crippen molar-refractivity contribution in [2.24, 2.45) is 7.05 Å². The van der Waals surface area contributed by atoms with Crippen LogP contribution in [0.4, 0.5) is 34.6 Å². The van der Waals surface area contributed by atoms with Crippen molar-refractivity contribution in [3.05, 3.63) is 76.1 Å². The van der Waals surface area contributed by atoms with Crippen molar-refractivity contribution in [3.8, 4) is 11.3 Å². The van der Waals surface area contributed by atoms with Crippen LogP contribution in [0.2, 0.25) is 5.02 Å². The second-order valence-electron chi connectivity index (χ2n) is 11.8. The van der Waals surface area contributed by atoms with Gasteiger partial charge in [-0.05, 0) is 74.2 Å². The summed E-state index contributed by atoms with van der Waals surface area (Å²) >= 11 is 8.67. The fraction of sp³-hybridized carbons (Fsp3) is 0.452. The van der Waals surface area contributed by atoms with E-state index in [4.69, 9.17) is 31.2 Å². The van der Waals surface area contributed by atoms with Crippen molar-refractivity contribution in [3.63, 3.8) is 0 Å². The Bertz CT molecular complexity index is 1940. The van der Waals surface area contributed by atoms with Gasteiger partial charge >= 0.3 is 31.4 Å². The highest BCUT2D eigenvalue weighted by molar-refractivity contribution is 9.10. The first-order valence-electron chi connectivity index (χ1n) is 15.8. The molecular weight excluding hydrogens is 855 g/mol. The van der Waals surface area contributed by atoms with E-state index in [1.165, 1.54) is 6.07 Å². The highest BCUT2D eigenvalue weighted by atomic mass is 79.9. The van der Waals surface area contributed by atoms with Gasteiger partial charge in [-0.15, -0.1) is 0 Å². The molecule has 0 fully saturated rings.